The number of alkyl halides is 1. The van der Waals surface area contributed by atoms with Crippen LogP contribution in [0.25, 0.3) is 0 Å². The Morgan fingerprint density at radius 2 is 1.85 bits per heavy atom. The molecule has 2 aliphatic carbocycles. The molecule has 2 unspecified atom stereocenters. The van der Waals surface area contributed by atoms with Crippen LogP contribution in [0.15, 0.2) is 0 Å². The number of hydrogen-bond acceptors (Lipinski definition) is 1. The average molecular weight is 247 g/mol. The van der Waals surface area contributed by atoms with Crippen molar-refractivity contribution >= 4 is 15.9 Å². The molecule has 0 amide bonds. The van der Waals surface area contributed by atoms with Crippen LogP contribution in [0.5, 0.6) is 0 Å². The van der Waals surface area contributed by atoms with Crippen molar-refractivity contribution in [1.82, 2.24) is 0 Å². The number of hydrogen-bond donors (Lipinski definition) is 0. The lowest BCUT2D eigenvalue weighted by Gasteiger charge is -2.49. The topological polar surface area (TPSA) is 9.23 Å². The van der Waals surface area contributed by atoms with E-state index in [9.17, 15) is 0 Å². The van der Waals surface area contributed by atoms with Crippen LogP contribution in [-0.4, -0.2) is 17.0 Å². The summed E-state index contributed by atoms with van der Waals surface area (Å²) in [5.41, 5.74) is 0.350. The van der Waals surface area contributed by atoms with Crippen molar-refractivity contribution in [3.8, 4) is 0 Å². The molecule has 76 valence electrons. The minimum atomic E-state index is 0.350. The largest absolute Gasteiger partial charge is 0.374 e. The molecule has 0 saturated heterocycles. The van der Waals surface area contributed by atoms with Gasteiger partial charge in [0.2, 0.25) is 0 Å². The van der Waals surface area contributed by atoms with Crippen LogP contribution in [-0.2, 0) is 4.74 Å². The second kappa shape index (κ2) is 3.54. The average Bonchev–Trinajstić information content (AvgIpc) is 2.56. The van der Waals surface area contributed by atoms with Crippen LogP contribution in [0, 0.1) is 5.41 Å². The van der Waals surface area contributed by atoms with Crippen molar-refractivity contribution in [2.24, 2.45) is 5.41 Å². The fourth-order valence-electron chi connectivity index (χ4n) is 2.32. The van der Waals surface area contributed by atoms with Gasteiger partial charge < -0.3 is 4.74 Å². The second-order valence-electron chi connectivity index (χ2n) is 5.06. The molecule has 0 spiro atoms. The third-order valence-corrected chi connectivity index (χ3v) is 5.27. The Kier molecular flexibility index (Phi) is 2.72. The predicted octanol–water partition coefficient (Wildman–Crippen LogP) is 3.51. The zero-order valence-corrected chi connectivity index (χ0v) is 10.1. The summed E-state index contributed by atoms with van der Waals surface area (Å²) in [6.45, 7) is 4.60. The van der Waals surface area contributed by atoms with E-state index in [1.165, 1.54) is 32.1 Å². The first-order valence-electron chi connectivity index (χ1n) is 5.40. The maximum absolute atomic E-state index is 6.10. The van der Waals surface area contributed by atoms with Crippen LogP contribution >= 0.6 is 15.9 Å². The molecule has 2 rings (SSSR count). The summed E-state index contributed by atoms with van der Waals surface area (Å²) in [6, 6.07) is 0. The molecule has 0 bridgehead atoms. The first-order chi connectivity index (χ1) is 6.10. The molecule has 0 aromatic heterocycles. The highest BCUT2D eigenvalue weighted by molar-refractivity contribution is 9.09. The van der Waals surface area contributed by atoms with Gasteiger partial charge in [-0.1, -0.05) is 42.6 Å². The molecule has 0 heterocycles. The quantitative estimate of drug-likeness (QED) is 0.678. The lowest BCUT2D eigenvalue weighted by atomic mass is 9.69. The molecule has 2 heteroatoms. The first-order valence-corrected chi connectivity index (χ1v) is 6.32. The van der Waals surface area contributed by atoms with Crippen LogP contribution in [0.2, 0.25) is 0 Å². The molecule has 2 atom stereocenters. The second-order valence-corrected chi connectivity index (χ2v) is 6.16. The molecule has 2 aliphatic rings. The van der Waals surface area contributed by atoms with Gasteiger partial charge in [0.1, 0.15) is 0 Å². The van der Waals surface area contributed by atoms with E-state index in [2.05, 4.69) is 29.8 Å². The number of halogens is 1. The van der Waals surface area contributed by atoms with Crippen molar-refractivity contribution in [1.29, 1.82) is 0 Å². The lowest BCUT2D eigenvalue weighted by Crippen LogP contribution is -2.52. The minimum absolute atomic E-state index is 0.350. The summed E-state index contributed by atoms with van der Waals surface area (Å²) < 4.78 is 6.10. The third-order valence-electron chi connectivity index (χ3n) is 3.72. The zero-order chi connectivity index (χ0) is 9.47. The fraction of sp³-hybridized carbons (Fsp3) is 1.00. The van der Waals surface area contributed by atoms with Gasteiger partial charge in [0, 0.05) is 10.2 Å². The van der Waals surface area contributed by atoms with E-state index in [4.69, 9.17) is 4.74 Å². The molecule has 1 nitrogen and oxygen atoms in total. The van der Waals surface area contributed by atoms with Crippen molar-refractivity contribution in [2.45, 2.75) is 63.0 Å². The van der Waals surface area contributed by atoms with E-state index in [-0.39, 0.29) is 0 Å². The predicted molar refractivity (Wildman–Crippen MR) is 58.2 cm³/mol. The smallest absolute Gasteiger partial charge is 0.0651 e. The molecule has 0 aliphatic heterocycles. The van der Waals surface area contributed by atoms with Gasteiger partial charge in [0.05, 0.1) is 12.2 Å². The van der Waals surface area contributed by atoms with Crippen molar-refractivity contribution in [3.63, 3.8) is 0 Å². The fourth-order valence-corrected chi connectivity index (χ4v) is 2.96. The Morgan fingerprint density at radius 3 is 2.31 bits per heavy atom. The minimum Gasteiger partial charge on any atom is -0.374 e. The Hall–Kier alpha value is 0.440. The van der Waals surface area contributed by atoms with E-state index < -0.39 is 0 Å². The van der Waals surface area contributed by atoms with Gasteiger partial charge in [-0.25, -0.2) is 0 Å². The van der Waals surface area contributed by atoms with E-state index in [0.29, 0.717) is 22.5 Å². The maximum atomic E-state index is 6.10. The van der Waals surface area contributed by atoms with Crippen molar-refractivity contribution in [3.05, 3.63) is 0 Å². The van der Waals surface area contributed by atoms with Gasteiger partial charge in [-0.05, 0) is 19.3 Å². The van der Waals surface area contributed by atoms with Gasteiger partial charge in [-0.3, -0.25) is 0 Å². The van der Waals surface area contributed by atoms with E-state index >= 15 is 0 Å². The maximum Gasteiger partial charge on any atom is 0.0651 e. The molecule has 2 saturated carbocycles. The summed E-state index contributed by atoms with van der Waals surface area (Å²) >= 11 is 3.69. The first kappa shape index (κ1) is 9.97. The molecular weight excluding hydrogens is 228 g/mol. The summed E-state index contributed by atoms with van der Waals surface area (Å²) in [5, 5.41) is 0. The van der Waals surface area contributed by atoms with Crippen LogP contribution in [0.4, 0.5) is 0 Å². The number of rotatable bonds is 2. The number of ether oxygens (including phenoxy) is 1. The standard InChI is InChI=1S/C11H19BrO/c1-11(2)9(12)7-10(11)13-8-5-3-4-6-8/h8-10H,3-7H2,1-2H3. The highest BCUT2D eigenvalue weighted by Gasteiger charge is 2.48. The highest BCUT2D eigenvalue weighted by atomic mass is 79.9. The monoisotopic (exact) mass is 246 g/mol. The SMILES string of the molecule is CC1(C)C(Br)CC1OC1CCCC1. The summed E-state index contributed by atoms with van der Waals surface area (Å²) in [5.74, 6) is 0. The summed E-state index contributed by atoms with van der Waals surface area (Å²) in [7, 11) is 0. The van der Waals surface area contributed by atoms with Gasteiger partial charge in [-0.15, -0.1) is 0 Å². The highest BCUT2D eigenvalue weighted by Crippen LogP contribution is 2.48. The molecule has 0 aromatic carbocycles. The van der Waals surface area contributed by atoms with E-state index in [1.807, 2.05) is 0 Å². The molecule has 0 N–H and O–H groups in total. The van der Waals surface area contributed by atoms with E-state index in [1.54, 1.807) is 0 Å². The van der Waals surface area contributed by atoms with Crippen LogP contribution in [0.1, 0.15) is 46.0 Å². The van der Waals surface area contributed by atoms with Crippen LogP contribution < -0.4 is 0 Å². The Bertz CT molecular complexity index is 185. The van der Waals surface area contributed by atoms with Crippen molar-refractivity contribution in [2.75, 3.05) is 0 Å². The molecular formula is C11H19BrO. The van der Waals surface area contributed by atoms with Gasteiger partial charge in [-0.2, -0.15) is 0 Å². The van der Waals surface area contributed by atoms with E-state index in [0.717, 1.165) is 0 Å². The van der Waals surface area contributed by atoms with Crippen molar-refractivity contribution < 1.29 is 4.74 Å². The molecule has 13 heavy (non-hydrogen) atoms. The molecule has 0 aromatic rings. The van der Waals surface area contributed by atoms with Gasteiger partial charge in [0.15, 0.2) is 0 Å². The normalized spacial score (nSPS) is 39.0. The third kappa shape index (κ3) is 1.80. The molecule has 0 radical (unpaired) electrons. The Labute approximate surface area is 89.4 Å². The summed E-state index contributed by atoms with van der Waals surface area (Å²) in [6.07, 6.45) is 7.59. The Morgan fingerprint density at radius 1 is 1.23 bits per heavy atom. The van der Waals surface area contributed by atoms with Crippen LogP contribution in [0.3, 0.4) is 0 Å². The Balaban J connectivity index is 1.83. The van der Waals surface area contributed by atoms with Gasteiger partial charge in [0.25, 0.3) is 0 Å². The zero-order valence-electron chi connectivity index (χ0n) is 8.55. The summed E-state index contributed by atoms with van der Waals surface area (Å²) in [4.78, 5) is 0.659. The van der Waals surface area contributed by atoms with Gasteiger partial charge >= 0.3 is 0 Å². The lowest BCUT2D eigenvalue weighted by molar-refractivity contribution is -0.118. The molecule has 2 fully saturated rings.